The Morgan fingerprint density at radius 2 is 1.00 bits per heavy atom. The van der Waals surface area contributed by atoms with Crippen LogP contribution in [0.4, 0.5) is 16.8 Å². The lowest BCUT2D eigenvalue weighted by Crippen LogP contribution is -2.41. The molecule has 0 aromatic heterocycles. The minimum Gasteiger partial charge on any atom is -0.368 e. The molecule has 0 radical (unpaired) electrons. The Labute approximate surface area is 140 Å². The van der Waals surface area contributed by atoms with Gasteiger partial charge < -0.3 is 10.6 Å². The zero-order valence-electron chi connectivity index (χ0n) is 13.4. The molecule has 0 aromatic carbocycles. The molecule has 2 N–H and O–H groups in total. The molecule has 0 heterocycles. The molecule has 10 heteroatoms. The molecule has 0 amide bonds. The fraction of sp³-hybridized carbons (Fsp3) is 0.857. The third kappa shape index (κ3) is 5.80. The zero-order chi connectivity index (χ0) is 17.8. The highest BCUT2D eigenvalue weighted by Crippen LogP contribution is 2.76. The standard InChI is InChI=1S/C14H24F4N2O2P2/c15-23(16,21)14(24(17,18)22)13(19-11-7-3-1-4-8-11)20-12-9-5-2-6-10-12/h11-12,19-20H,1-10H2. The van der Waals surface area contributed by atoms with Crippen LogP contribution in [0.15, 0.2) is 10.9 Å². The lowest BCUT2D eigenvalue weighted by molar-refractivity contribution is 0.354. The van der Waals surface area contributed by atoms with Crippen LogP contribution in [-0.2, 0) is 9.13 Å². The molecule has 4 nitrogen and oxygen atoms in total. The van der Waals surface area contributed by atoms with Crippen LogP contribution in [0.5, 0.6) is 0 Å². The van der Waals surface area contributed by atoms with Gasteiger partial charge in [-0.1, -0.05) is 38.5 Å². The molecule has 0 saturated heterocycles. The molecule has 0 aliphatic heterocycles. The lowest BCUT2D eigenvalue weighted by Gasteiger charge is -2.31. The van der Waals surface area contributed by atoms with Crippen molar-refractivity contribution in [3.8, 4) is 0 Å². The van der Waals surface area contributed by atoms with Crippen molar-refractivity contribution in [2.75, 3.05) is 0 Å². The minimum absolute atomic E-state index is 0.252. The molecule has 2 rings (SSSR count). The first-order chi connectivity index (χ1) is 11.2. The molecule has 2 aliphatic carbocycles. The SMILES string of the molecule is O=P(F)(F)C(=C(NC1CCCCC1)NC1CCCCC1)P(=O)(F)F. The Hall–Kier alpha value is -0.480. The summed E-state index contributed by atoms with van der Waals surface area (Å²) in [5.41, 5.74) is 0. The summed E-state index contributed by atoms with van der Waals surface area (Å²) in [6.07, 6.45) is 8.15. The van der Waals surface area contributed by atoms with E-state index in [1.165, 1.54) is 0 Å². The minimum atomic E-state index is -6.35. The van der Waals surface area contributed by atoms with Crippen LogP contribution in [0.3, 0.4) is 0 Å². The van der Waals surface area contributed by atoms with Crippen LogP contribution < -0.4 is 10.6 Å². The summed E-state index contributed by atoms with van der Waals surface area (Å²) >= 11 is 0. The molecule has 0 unspecified atom stereocenters. The van der Waals surface area contributed by atoms with Crippen LogP contribution >= 0.6 is 15.5 Å². The van der Waals surface area contributed by atoms with E-state index in [9.17, 15) is 25.9 Å². The third-order valence-electron chi connectivity index (χ3n) is 4.62. The van der Waals surface area contributed by atoms with E-state index in [1.54, 1.807) is 0 Å². The summed E-state index contributed by atoms with van der Waals surface area (Å²) in [4.78, 5) is 0. The number of hydrogen-bond donors (Lipinski definition) is 2. The quantitative estimate of drug-likeness (QED) is 0.417. The van der Waals surface area contributed by atoms with Gasteiger partial charge in [0.15, 0.2) is 0 Å². The van der Waals surface area contributed by atoms with E-state index in [-0.39, 0.29) is 12.1 Å². The Morgan fingerprint density at radius 1 is 0.667 bits per heavy atom. The maximum absolute atomic E-state index is 13.4. The summed E-state index contributed by atoms with van der Waals surface area (Å²) in [7, 11) is -12.7. The Bertz CT molecular complexity index is 503. The molecular weight excluding hydrogens is 366 g/mol. The highest BCUT2D eigenvalue weighted by Gasteiger charge is 2.47. The molecule has 140 valence electrons. The van der Waals surface area contributed by atoms with Crippen molar-refractivity contribution in [3.05, 3.63) is 10.9 Å². The van der Waals surface area contributed by atoms with Crippen molar-refractivity contribution < 1.29 is 25.9 Å². The maximum atomic E-state index is 13.4. The van der Waals surface area contributed by atoms with Gasteiger partial charge in [0.25, 0.3) is 0 Å². The molecule has 2 fully saturated rings. The molecule has 2 saturated carbocycles. The predicted octanol–water partition coefficient (Wildman–Crippen LogP) is 6.22. The molecule has 0 bridgehead atoms. The summed E-state index contributed by atoms with van der Waals surface area (Å²) in [5, 5.41) is 3.37. The first-order valence-corrected chi connectivity index (χ1v) is 11.4. The fourth-order valence-electron chi connectivity index (χ4n) is 3.47. The molecule has 24 heavy (non-hydrogen) atoms. The first-order valence-electron chi connectivity index (χ1n) is 8.45. The normalized spacial score (nSPS) is 21.3. The van der Waals surface area contributed by atoms with Crippen LogP contribution in [0, 0.1) is 0 Å². The number of hydrogen-bond acceptors (Lipinski definition) is 4. The third-order valence-corrected chi connectivity index (χ3v) is 7.45. The molecule has 2 aliphatic rings. The van der Waals surface area contributed by atoms with Crippen molar-refractivity contribution in [1.82, 2.24) is 10.6 Å². The monoisotopic (exact) mass is 390 g/mol. The molecule has 0 spiro atoms. The van der Waals surface area contributed by atoms with Gasteiger partial charge in [-0.25, -0.2) is 9.13 Å². The van der Waals surface area contributed by atoms with E-state index in [2.05, 4.69) is 10.6 Å². The van der Waals surface area contributed by atoms with Gasteiger partial charge in [0.1, 0.15) is 5.82 Å². The van der Waals surface area contributed by atoms with E-state index in [0.717, 1.165) is 38.5 Å². The van der Waals surface area contributed by atoms with E-state index in [0.29, 0.717) is 25.7 Å². The van der Waals surface area contributed by atoms with Crippen molar-refractivity contribution in [3.63, 3.8) is 0 Å². The van der Waals surface area contributed by atoms with Gasteiger partial charge >= 0.3 is 15.5 Å². The van der Waals surface area contributed by atoms with E-state index in [1.807, 2.05) is 0 Å². The summed E-state index contributed by atoms with van der Waals surface area (Å²) in [5.74, 6) is -0.657. The Morgan fingerprint density at radius 3 is 1.29 bits per heavy atom. The van der Waals surface area contributed by atoms with Gasteiger partial charge in [-0.15, -0.1) is 16.8 Å². The summed E-state index contributed by atoms with van der Waals surface area (Å²) in [6.45, 7) is 0. The van der Waals surface area contributed by atoms with E-state index >= 15 is 0 Å². The van der Waals surface area contributed by atoms with Crippen LogP contribution in [0.25, 0.3) is 0 Å². The van der Waals surface area contributed by atoms with Crippen molar-refractivity contribution in [1.29, 1.82) is 0 Å². The van der Waals surface area contributed by atoms with Crippen LogP contribution in [-0.4, -0.2) is 12.1 Å². The summed E-state index contributed by atoms with van der Waals surface area (Å²) < 4.78 is 76.0. The second-order valence-corrected chi connectivity index (χ2v) is 9.68. The smallest absolute Gasteiger partial charge is 0.368 e. The average Bonchev–Trinajstić information content (AvgIpc) is 2.46. The molecule has 0 atom stereocenters. The predicted molar refractivity (Wildman–Crippen MR) is 86.7 cm³/mol. The van der Waals surface area contributed by atoms with Gasteiger partial charge in [-0.2, -0.15) is 0 Å². The van der Waals surface area contributed by atoms with Crippen molar-refractivity contribution in [2.24, 2.45) is 0 Å². The van der Waals surface area contributed by atoms with Gasteiger partial charge in [0.05, 0.1) is 0 Å². The second kappa shape index (κ2) is 8.27. The lowest BCUT2D eigenvalue weighted by atomic mass is 9.95. The highest BCUT2D eigenvalue weighted by molar-refractivity contribution is 7.78. The van der Waals surface area contributed by atoms with Gasteiger partial charge in [0.2, 0.25) is 5.06 Å². The first kappa shape index (κ1) is 19.8. The van der Waals surface area contributed by atoms with Crippen molar-refractivity contribution in [2.45, 2.75) is 76.3 Å². The topological polar surface area (TPSA) is 58.2 Å². The van der Waals surface area contributed by atoms with Crippen molar-refractivity contribution >= 4 is 15.5 Å². The van der Waals surface area contributed by atoms with Gasteiger partial charge in [-0.3, -0.25) is 0 Å². The van der Waals surface area contributed by atoms with Gasteiger partial charge in [-0.05, 0) is 25.7 Å². The van der Waals surface area contributed by atoms with Crippen LogP contribution in [0.2, 0.25) is 0 Å². The number of rotatable bonds is 6. The van der Waals surface area contributed by atoms with Crippen LogP contribution in [0.1, 0.15) is 64.2 Å². The van der Waals surface area contributed by atoms with E-state index < -0.39 is 26.4 Å². The van der Waals surface area contributed by atoms with Gasteiger partial charge in [0, 0.05) is 12.1 Å². The molecular formula is C14H24F4N2O2P2. The Kier molecular flexibility index (Phi) is 6.83. The molecule has 0 aromatic rings. The fourth-order valence-corrected chi connectivity index (χ4v) is 5.33. The zero-order valence-corrected chi connectivity index (χ0v) is 15.2. The summed E-state index contributed by atoms with van der Waals surface area (Å²) in [6, 6.07) is -0.504. The van der Waals surface area contributed by atoms with E-state index in [4.69, 9.17) is 0 Å². The number of nitrogens with one attached hydrogen (secondary N) is 2. The number of halogens is 4. The Balaban J connectivity index is 2.32. The second-order valence-electron chi connectivity index (χ2n) is 6.58. The highest BCUT2D eigenvalue weighted by atomic mass is 31.3. The largest absolute Gasteiger partial charge is 0.445 e. The average molecular weight is 390 g/mol. The maximum Gasteiger partial charge on any atom is 0.445 e.